The molecule has 14 heavy (non-hydrogen) atoms. The standard InChI is InChI=1S/C12H14O2/c1-2-12(8-9-13)14-10-11-6-4-3-5-7-11/h3-9H,2,10H2,1H3/b12-8+. The van der Waals surface area contributed by atoms with Gasteiger partial charge in [0.2, 0.25) is 0 Å². The molecule has 0 N–H and O–H groups in total. The van der Waals surface area contributed by atoms with Crippen LogP contribution in [0.1, 0.15) is 18.9 Å². The Balaban J connectivity index is 2.47. The van der Waals surface area contributed by atoms with E-state index in [-0.39, 0.29) is 0 Å². The Hall–Kier alpha value is -1.57. The normalized spacial score (nSPS) is 11.1. The molecule has 0 aliphatic rings. The number of carbonyl (C=O) groups is 1. The maximum atomic E-state index is 10.2. The van der Waals surface area contributed by atoms with E-state index in [1.165, 1.54) is 6.08 Å². The number of carbonyl (C=O) groups excluding carboxylic acids is 1. The minimum atomic E-state index is 0.522. The smallest absolute Gasteiger partial charge is 0.146 e. The van der Waals surface area contributed by atoms with Gasteiger partial charge in [-0.15, -0.1) is 0 Å². The Morgan fingerprint density at radius 1 is 1.36 bits per heavy atom. The molecule has 0 atom stereocenters. The van der Waals surface area contributed by atoms with Gasteiger partial charge in [0.1, 0.15) is 12.9 Å². The summed E-state index contributed by atoms with van der Waals surface area (Å²) in [5.41, 5.74) is 1.11. The second-order valence-electron chi connectivity index (χ2n) is 2.90. The molecule has 0 spiro atoms. The third-order valence-corrected chi connectivity index (χ3v) is 1.87. The average molecular weight is 190 g/mol. The highest BCUT2D eigenvalue weighted by Gasteiger charge is 1.95. The van der Waals surface area contributed by atoms with Crippen molar-refractivity contribution in [2.75, 3.05) is 0 Å². The van der Waals surface area contributed by atoms with E-state index in [1.807, 2.05) is 37.3 Å². The van der Waals surface area contributed by atoms with Gasteiger partial charge in [-0.1, -0.05) is 37.3 Å². The largest absolute Gasteiger partial charge is 0.493 e. The van der Waals surface area contributed by atoms with Crippen LogP contribution in [0.4, 0.5) is 0 Å². The second-order valence-corrected chi connectivity index (χ2v) is 2.90. The fourth-order valence-electron chi connectivity index (χ4n) is 1.09. The van der Waals surface area contributed by atoms with Crippen molar-refractivity contribution < 1.29 is 9.53 Å². The van der Waals surface area contributed by atoms with Crippen LogP contribution in [0.5, 0.6) is 0 Å². The predicted molar refractivity (Wildman–Crippen MR) is 55.7 cm³/mol. The van der Waals surface area contributed by atoms with E-state index in [2.05, 4.69) is 0 Å². The number of allylic oxidation sites excluding steroid dienone is 2. The van der Waals surface area contributed by atoms with Crippen LogP contribution < -0.4 is 0 Å². The van der Waals surface area contributed by atoms with Crippen LogP contribution in [-0.4, -0.2) is 6.29 Å². The minimum Gasteiger partial charge on any atom is -0.493 e. The third kappa shape index (κ3) is 3.44. The molecule has 0 bridgehead atoms. The topological polar surface area (TPSA) is 26.3 Å². The van der Waals surface area contributed by atoms with Crippen molar-refractivity contribution in [2.24, 2.45) is 0 Å². The summed E-state index contributed by atoms with van der Waals surface area (Å²) in [5.74, 6) is 0.726. The predicted octanol–water partition coefficient (Wildman–Crippen LogP) is 2.70. The summed E-state index contributed by atoms with van der Waals surface area (Å²) in [6.45, 7) is 2.48. The van der Waals surface area contributed by atoms with Crippen molar-refractivity contribution in [3.63, 3.8) is 0 Å². The Kier molecular flexibility index (Phi) is 4.48. The Bertz CT molecular complexity index is 301. The second kappa shape index (κ2) is 5.97. The number of ether oxygens (including phenoxy) is 1. The Labute approximate surface area is 84.2 Å². The van der Waals surface area contributed by atoms with Gasteiger partial charge in [0.15, 0.2) is 0 Å². The number of hydrogen-bond acceptors (Lipinski definition) is 2. The monoisotopic (exact) mass is 190 g/mol. The Morgan fingerprint density at radius 2 is 2.07 bits per heavy atom. The molecular formula is C12H14O2. The van der Waals surface area contributed by atoms with E-state index in [0.29, 0.717) is 6.61 Å². The van der Waals surface area contributed by atoms with Crippen molar-refractivity contribution >= 4 is 6.29 Å². The zero-order chi connectivity index (χ0) is 10.2. The van der Waals surface area contributed by atoms with Gasteiger partial charge in [-0.3, -0.25) is 4.79 Å². The van der Waals surface area contributed by atoms with Crippen LogP contribution in [0.25, 0.3) is 0 Å². The molecule has 74 valence electrons. The lowest BCUT2D eigenvalue weighted by molar-refractivity contribution is -0.104. The molecule has 0 aliphatic carbocycles. The van der Waals surface area contributed by atoms with E-state index in [1.54, 1.807) is 0 Å². The van der Waals surface area contributed by atoms with Crippen LogP contribution in [-0.2, 0) is 16.1 Å². The summed E-state index contributed by atoms with van der Waals surface area (Å²) in [6, 6.07) is 9.88. The fourth-order valence-corrected chi connectivity index (χ4v) is 1.09. The molecule has 2 nitrogen and oxygen atoms in total. The number of rotatable bonds is 5. The van der Waals surface area contributed by atoms with E-state index in [9.17, 15) is 4.79 Å². The minimum absolute atomic E-state index is 0.522. The van der Waals surface area contributed by atoms with Crippen molar-refractivity contribution in [3.8, 4) is 0 Å². The highest BCUT2D eigenvalue weighted by Crippen LogP contribution is 2.07. The van der Waals surface area contributed by atoms with Gasteiger partial charge in [-0.25, -0.2) is 0 Å². The molecule has 0 amide bonds. The van der Waals surface area contributed by atoms with Crippen molar-refractivity contribution in [1.82, 2.24) is 0 Å². The third-order valence-electron chi connectivity index (χ3n) is 1.87. The van der Waals surface area contributed by atoms with Gasteiger partial charge in [-0.2, -0.15) is 0 Å². The molecule has 0 saturated carbocycles. The van der Waals surface area contributed by atoms with E-state index in [4.69, 9.17) is 4.74 Å². The first kappa shape index (κ1) is 10.5. The van der Waals surface area contributed by atoms with Crippen molar-refractivity contribution in [3.05, 3.63) is 47.7 Å². The maximum absolute atomic E-state index is 10.2. The van der Waals surface area contributed by atoms with Crippen molar-refractivity contribution in [1.29, 1.82) is 0 Å². The first-order chi connectivity index (χ1) is 6.86. The van der Waals surface area contributed by atoms with Crippen LogP contribution >= 0.6 is 0 Å². The molecule has 0 saturated heterocycles. The number of aldehydes is 1. The van der Waals surface area contributed by atoms with Gasteiger partial charge in [-0.05, 0) is 5.56 Å². The summed E-state index contributed by atoms with van der Waals surface area (Å²) in [7, 11) is 0. The van der Waals surface area contributed by atoms with Gasteiger partial charge >= 0.3 is 0 Å². The van der Waals surface area contributed by atoms with E-state index in [0.717, 1.165) is 24.0 Å². The summed E-state index contributed by atoms with van der Waals surface area (Å²) < 4.78 is 5.45. The lowest BCUT2D eigenvalue weighted by Crippen LogP contribution is -1.93. The highest BCUT2D eigenvalue weighted by molar-refractivity contribution is 5.65. The molecule has 0 radical (unpaired) electrons. The lowest BCUT2D eigenvalue weighted by Gasteiger charge is -2.07. The van der Waals surface area contributed by atoms with Crippen LogP contribution in [0, 0.1) is 0 Å². The van der Waals surface area contributed by atoms with Gasteiger partial charge in [0.25, 0.3) is 0 Å². The molecule has 0 fully saturated rings. The zero-order valence-electron chi connectivity index (χ0n) is 8.27. The van der Waals surface area contributed by atoms with Gasteiger partial charge in [0, 0.05) is 12.5 Å². The summed E-state index contributed by atoms with van der Waals surface area (Å²) in [6.07, 6.45) is 2.96. The highest BCUT2D eigenvalue weighted by atomic mass is 16.5. The summed E-state index contributed by atoms with van der Waals surface area (Å²) in [4.78, 5) is 10.2. The van der Waals surface area contributed by atoms with E-state index >= 15 is 0 Å². The molecule has 2 heteroatoms. The SMILES string of the molecule is CC/C(=C\C=O)OCc1ccccc1. The van der Waals surface area contributed by atoms with Gasteiger partial charge in [0.05, 0.1) is 5.76 Å². The molecular weight excluding hydrogens is 176 g/mol. The summed E-state index contributed by atoms with van der Waals surface area (Å²) in [5, 5.41) is 0. The Morgan fingerprint density at radius 3 is 2.64 bits per heavy atom. The molecule has 0 heterocycles. The van der Waals surface area contributed by atoms with Crippen LogP contribution in [0.15, 0.2) is 42.2 Å². The van der Waals surface area contributed by atoms with E-state index < -0.39 is 0 Å². The fraction of sp³-hybridized carbons (Fsp3) is 0.250. The molecule has 1 aromatic carbocycles. The zero-order valence-corrected chi connectivity index (χ0v) is 8.27. The number of hydrogen-bond donors (Lipinski definition) is 0. The maximum Gasteiger partial charge on any atom is 0.146 e. The average Bonchev–Trinajstić information content (AvgIpc) is 2.25. The van der Waals surface area contributed by atoms with Crippen LogP contribution in [0.2, 0.25) is 0 Å². The molecule has 1 aromatic rings. The first-order valence-corrected chi connectivity index (χ1v) is 4.68. The molecule has 0 aromatic heterocycles. The van der Waals surface area contributed by atoms with Crippen molar-refractivity contribution in [2.45, 2.75) is 20.0 Å². The first-order valence-electron chi connectivity index (χ1n) is 4.68. The lowest BCUT2D eigenvalue weighted by atomic mass is 10.2. The summed E-state index contributed by atoms with van der Waals surface area (Å²) >= 11 is 0. The quantitative estimate of drug-likeness (QED) is 0.405. The van der Waals surface area contributed by atoms with Gasteiger partial charge < -0.3 is 4.74 Å². The number of benzene rings is 1. The molecule has 0 aliphatic heterocycles. The van der Waals surface area contributed by atoms with Crippen LogP contribution in [0.3, 0.4) is 0 Å². The molecule has 1 rings (SSSR count). The molecule has 0 unspecified atom stereocenters.